The van der Waals surface area contributed by atoms with Crippen LogP contribution >= 0.6 is 11.8 Å². The van der Waals surface area contributed by atoms with Gasteiger partial charge in [-0.25, -0.2) is 4.68 Å². The molecule has 6 heteroatoms. The number of thioether (sulfide) groups is 1. The van der Waals surface area contributed by atoms with Crippen LogP contribution < -0.4 is 5.32 Å². The van der Waals surface area contributed by atoms with Gasteiger partial charge in [-0.2, -0.15) is 16.9 Å². The van der Waals surface area contributed by atoms with Crippen LogP contribution in [0.3, 0.4) is 0 Å². The first-order valence-electron chi connectivity index (χ1n) is 5.95. The molecule has 100 valence electrons. The zero-order valence-electron chi connectivity index (χ0n) is 10.9. The topological polar surface area (TPSA) is 59.8 Å². The normalized spacial score (nSPS) is 12.1. The van der Waals surface area contributed by atoms with Gasteiger partial charge in [-0.1, -0.05) is 6.92 Å². The van der Waals surface area contributed by atoms with E-state index in [0.29, 0.717) is 5.69 Å². The Balaban J connectivity index is 2.04. The van der Waals surface area contributed by atoms with Crippen molar-refractivity contribution in [3.63, 3.8) is 0 Å². The lowest BCUT2D eigenvalue weighted by Gasteiger charge is -2.08. The minimum absolute atomic E-state index is 0.0140. The fourth-order valence-corrected chi connectivity index (χ4v) is 2.26. The van der Waals surface area contributed by atoms with Crippen molar-refractivity contribution >= 4 is 23.4 Å². The average molecular weight is 276 g/mol. The molecule has 1 N–H and O–H groups in total. The van der Waals surface area contributed by atoms with E-state index < -0.39 is 0 Å². The van der Waals surface area contributed by atoms with Gasteiger partial charge < -0.3 is 5.32 Å². The monoisotopic (exact) mass is 276 g/mol. The van der Waals surface area contributed by atoms with Crippen molar-refractivity contribution in [1.82, 2.24) is 14.8 Å². The van der Waals surface area contributed by atoms with Crippen molar-refractivity contribution in [3.8, 4) is 5.69 Å². The van der Waals surface area contributed by atoms with E-state index in [0.717, 1.165) is 11.4 Å². The number of rotatable bonds is 5. The second kappa shape index (κ2) is 6.38. The Morgan fingerprint density at radius 3 is 3.05 bits per heavy atom. The highest BCUT2D eigenvalue weighted by Crippen LogP contribution is 2.13. The van der Waals surface area contributed by atoms with Gasteiger partial charge in [0.2, 0.25) is 5.91 Å². The molecule has 0 aliphatic rings. The van der Waals surface area contributed by atoms with Crippen LogP contribution in [0.4, 0.5) is 5.69 Å². The minimum atomic E-state index is -0.0169. The number of amides is 1. The third-order valence-corrected chi connectivity index (χ3v) is 3.46. The average Bonchev–Trinajstić information content (AvgIpc) is 2.88. The summed E-state index contributed by atoms with van der Waals surface area (Å²) in [6, 6.07) is 3.75. The van der Waals surface area contributed by atoms with E-state index in [1.807, 2.05) is 25.3 Å². The highest BCUT2D eigenvalue weighted by Gasteiger charge is 2.13. The van der Waals surface area contributed by atoms with Crippen molar-refractivity contribution < 1.29 is 4.79 Å². The van der Waals surface area contributed by atoms with Crippen molar-refractivity contribution in [2.24, 2.45) is 5.92 Å². The summed E-state index contributed by atoms with van der Waals surface area (Å²) in [5.41, 5.74) is 1.56. The molecule has 2 rings (SSSR count). The van der Waals surface area contributed by atoms with Gasteiger partial charge in [0.15, 0.2) is 0 Å². The molecule has 2 heterocycles. The van der Waals surface area contributed by atoms with Gasteiger partial charge in [0.1, 0.15) is 0 Å². The molecular weight excluding hydrogens is 260 g/mol. The summed E-state index contributed by atoms with van der Waals surface area (Å²) in [4.78, 5) is 15.9. The Morgan fingerprint density at radius 2 is 2.37 bits per heavy atom. The molecule has 0 aromatic carbocycles. The second-order valence-corrected chi connectivity index (χ2v) is 5.14. The van der Waals surface area contributed by atoms with Gasteiger partial charge in [-0.05, 0) is 18.4 Å². The summed E-state index contributed by atoms with van der Waals surface area (Å²) in [6.45, 7) is 1.91. The third kappa shape index (κ3) is 3.57. The highest BCUT2D eigenvalue weighted by atomic mass is 32.2. The molecule has 5 nitrogen and oxygen atoms in total. The summed E-state index contributed by atoms with van der Waals surface area (Å²) >= 11 is 1.66. The Kier molecular flexibility index (Phi) is 4.57. The predicted octanol–water partition coefficient (Wildman–Crippen LogP) is 2.20. The third-order valence-electron chi connectivity index (χ3n) is 2.62. The summed E-state index contributed by atoms with van der Waals surface area (Å²) in [5, 5.41) is 7.06. The van der Waals surface area contributed by atoms with E-state index in [2.05, 4.69) is 15.4 Å². The Morgan fingerprint density at radius 1 is 1.53 bits per heavy atom. The number of nitrogens with one attached hydrogen (secondary N) is 1. The van der Waals surface area contributed by atoms with E-state index in [9.17, 15) is 4.79 Å². The standard InChI is InChI=1S/C13H16N4OS/c1-10(9-19-2)13(18)16-11-6-15-17(8-11)12-4-3-5-14-7-12/h3-8,10H,9H2,1-2H3,(H,16,18). The molecule has 0 saturated carbocycles. The van der Waals surface area contributed by atoms with Crippen LogP contribution in [0, 0.1) is 5.92 Å². The number of anilines is 1. The van der Waals surface area contributed by atoms with Gasteiger partial charge in [-0.3, -0.25) is 9.78 Å². The number of hydrogen-bond donors (Lipinski definition) is 1. The SMILES string of the molecule is CSCC(C)C(=O)Nc1cnn(-c2cccnc2)c1. The Hall–Kier alpha value is -1.82. The van der Waals surface area contributed by atoms with Crippen LogP contribution in [-0.2, 0) is 4.79 Å². The lowest BCUT2D eigenvalue weighted by molar-refractivity contribution is -0.118. The molecule has 0 radical (unpaired) electrons. The molecule has 2 aromatic rings. The van der Waals surface area contributed by atoms with E-state index in [1.54, 1.807) is 41.2 Å². The Labute approximate surface area is 116 Å². The van der Waals surface area contributed by atoms with Crippen LogP contribution in [0.15, 0.2) is 36.9 Å². The molecule has 0 fully saturated rings. The maximum atomic E-state index is 11.9. The number of carbonyl (C=O) groups is 1. The molecule has 0 spiro atoms. The van der Waals surface area contributed by atoms with Crippen molar-refractivity contribution in [2.75, 3.05) is 17.3 Å². The van der Waals surface area contributed by atoms with Crippen LogP contribution in [0.1, 0.15) is 6.92 Å². The zero-order valence-corrected chi connectivity index (χ0v) is 11.7. The van der Waals surface area contributed by atoms with Gasteiger partial charge in [0, 0.05) is 17.9 Å². The zero-order chi connectivity index (χ0) is 13.7. The summed E-state index contributed by atoms with van der Waals surface area (Å²) in [5.74, 6) is 0.805. The molecule has 19 heavy (non-hydrogen) atoms. The van der Waals surface area contributed by atoms with Crippen molar-refractivity contribution in [1.29, 1.82) is 0 Å². The number of carbonyl (C=O) groups excluding carboxylic acids is 1. The molecular formula is C13H16N4OS. The quantitative estimate of drug-likeness (QED) is 0.909. The van der Waals surface area contributed by atoms with Gasteiger partial charge in [0.05, 0.1) is 30.0 Å². The largest absolute Gasteiger partial charge is 0.323 e. The first-order chi connectivity index (χ1) is 9.20. The van der Waals surface area contributed by atoms with E-state index >= 15 is 0 Å². The molecule has 0 saturated heterocycles. The molecule has 1 amide bonds. The maximum absolute atomic E-state index is 11.9. The molecule has 2 aromatic heterocycles. The number of nitrogens with zero attached hydrogens (tertiary/aromatic N) is 3. The smallest absolute Gasteiger partial charge is 0.228 e. The lowest BCUT2D eigenvalue weighted by Crippen LogP contribution is -2.21. The minimum Gasteiger partial charge on any atom is -0.323 e. The summed E-state index contributed by atoms with van der Waals surface area (Å²) < 4.78 is 1.68. The van der Waals surface area contributed by atoms with Crippen LogP contribution in [0.2, 0.25) is 0 Å². The van der Waals surface area contributed by atoms with Crippen molar-refractivity contribution in [3.05, 3.63) is 36.9 Å². The fraction of sp³-hybridized carbons (Fsp3) is 0.308. The van der Waals surface area contributed by atoms with Gasteiger partial charge in [0.25, 0.3) is 0 Å². The maximum Gasteiger partial charge on any atom is 0.228 e. The van der Waals surface area contributed by atoms with E-state index in [1.165, 1.54) is 0 Å². The highest BCUT2D eigenvalue weighted by molar-refractivity contribution is 7.98. The first kappa shape index (κ1) is 13.6. The Bertz CT molecular complexity index is 541. The number of pyridine rings is 1. The van der Waals surface area contributed by atoms with Crippen LogP contribution in [-0.4, -0.2) is 32.7 Å². The molecule has 1 unspecified atom stereocenters. The van der Waals surface area contributed by atoms with Crippen molar-refractivity contribution in [2.45, 2.75) is 6.92 Å². The second-order valence-electron chi connectivity index (χ2n) is 4.23. The summed E-state index contributed by atoms with van der Waals surface area (Å²) in [6.07, 6.45) is 8.83. The molecule has 0 bridgehead atoms. The number of hydrogen-bond acceptors (Lipinski definition) is 4. The molecule has 1 atom stereocenters. The van der Waals surface area contributed by atoms with Crippen LogP contribution in [0.5, 0.6) is 0 Å². The molecule has 0 aliphatic carbocycles. The van der Waals surface area contributed by atoms with E-state index in [4.69, 9.17) is 0 Å². The summed E-state index contributed by atoms with van der Waals surface area (Å²) in [7, 11) is 0. The lowest BCUT2D eigenvalue weighted by atomic mass is 10.2. The fourth-order valence-electron chi connectivity index (χ4n) is 1.61. The number of aromatic nitrogens is 3. The molecule has 0 aliphatic heterocycles. The van der Waals surface area contributed by atoms with Gasteiger partial charge >= 0.3 is 0 Å². The first-order valence-corrected chi connectivity index (χ1v) is 7.35. The predicted molar refractivity (Wildman–Crippen MR) is 77.5 cm³/mol. The van der Waals surface area contributed by atoms with E-state index in [-0.39, 0.29) is 11.8 Å². The van der Waals surface area contributed by atoms with Crippen LogP contribution in [0.25, 0.3) is 5.69 Å². The van der Waals surface area contributed by atoms with Gasteiger partial charge in [-0.15, -0.1) is 0 Å².